The Morgan fingerprint density at radius 3 is 2.56 bits per heavy atom. The molecule has 15 heteroatoms. The summed E-state index contributed by atoms with van der Waals surface area (Å²) >= 11 is 1.18. The van der Waals surface area contributed by atoms with Gasteiger partial charge in [-0.15, -0.1) is 0 Å². The highest BCUT2D eigenvalue weighted by atomic mass is 32.2. The van der Waals surface area contributed by atoms with Gasteiger partial charge in [-0.25, -0.2) is 18.4 Å². The number of methoxy groups -OCH3 is 1. The maximum atomic E-state index is 13.4. The minimum absolute atomic E-state index is 0.0305. The van der Waals surface area contributed by atoms with E-state index in [1.54, 1.807) is 36.1 Å². The van der Waals surface area contributed by atoms with Crippen LogP contribution >= 0.6 is 11.3 Å². The van der Waals surface area contributed by atoms with Crippen molar-refractivity contribution in [1.29, 1.82) is 0 Å². The number of aryl methyl sites for hydroxylation is 1. The Balaban J connectivity index is 1.54. The first-order valence-electron chi connectivity index (χ1n) is 12.5. The largest absolute Gasteiger partial charge is 0.476 e. The van der Waals surface area contributed by atoms with Crippen LogP contribution in [0.15, 0.2) is 58.7 Å². The molecule has 3 heterocycles. The summed E-state index contributed by atoms with van der Waals surface area (Å²) < 4.78 is 37.3. The maximum Gasteiger partial charge on any atom is 0.280 e. The molecule has 0 spiro atoms. The fourth-order valence-corrected chi connectivity index (χ4v) is 5.48. The molecule has 1 amide bonds. The van der Waals surface area contributed by atoms with E-state index in [1.165, 1.54) is 42.7 Å². The van der Waals surface area contributed by atoms with Crippen LogP contribution in [0.4, 0.5) is 5.13 Å². The Hall–Kier alpha value is -3.92. The number of hydrogen-bond acceptors (Lipinski definition) is 12. The molecule has 0 saturated heterocycles. The van der Waals surface area contributed by atoms with Gasteiger partial charge in [-0.05, 0) is 38.4 Å². The summed E-state index contributed by atoms with van der Waals surface area (Å²) in [5.74, 6) is -0.292. The molecule has 1 aromatic carbocycles. The van der Waals surface area contributed by atoms with Crippen LogP contribution in [-0.2, 0) is 37.9 Å². The number of amides is 1. The number of sulfone groups is 1. The third-order valence-electron chi connectivity index (χ3n) is 5.63. The van der Waals surface area contributed by atoms with Gasteiger partial charge in [0.25, 0.3) is 5.91 Å². The van der Waals surface area contributed by atoms with Crippen molar-refractivity contribution in [2.75, 3.05) is 52.0 Å². The monoisotopic (exact) mass is 601 g/mol. The molecule has 3 aromatic heterocycles. The quantitative estimate of drug-likeness (QED) is 0.169. The van der Waals surface area contributed by atoms with Crippen molar-refractivity contribution >= 4 is 48.3 Å². The Kier molecular flexibility index (Phi) is 9.99. The maximum absolute atomic E-state index is 13.4. The molecule has 0 aliphatic heterocycles. The Morgan fingerprint density at radius 1 is 1.10 bits per heavy atom. The number of nitrogens with zero attached hydrogens (tertiary/aromatic N) is 6. The zero-order valence-electron chi connectivity index (χ0n) is 23.1. The van der Waals surface area contributed by atoms with Crippen molar-refractivity contribution in [2.24, 2.45) is 12.2 Å². The first-order valence-corrected chi connectivity index (χ1v) is 15.0. The SMILES string of the molecule is COCCS(=O)(=O)c1ccc(/C(=N\OCc2ccn(C)n2)C(=O)Nc2nc3ccc(OCCN(C)C)nc3s2)cc1. The standard InChI is InChI=1S/C26H31N7O6S2/c1-32(2)13-14-38-22-10-9-21-25(28-22)40-26(27-21)29-24(34)23(31-39-17-19-11-12-33(3)30-19)18-5-7-20(8-6-18)41(35,36)16-15-37-4/h5-12H,13-17H2,1-4H3,(H,27,29,34)/b31-23+. The zero-order chi connectivity index (χ0) is 29.4. The molecule has 1 N–H and O–H groups in total. The Labute approximate surface area is 241 Å². The van der Waals surface area contributed by atoms with Gasteiger partial charge in [-0.1, -0.05) is 28.6 Å². The number of carbonyl (C=O) groups excluding carboxylic acids is 1. The van der Waals surface area contributed by atoms with Crippen molar-refractivity contribution in [1.82, 2.24) is 24.6 Å². The molecular weight excluding hydrogens is 570 g/mol. The minimum Gasteiger partial charge on any atom is -0.476 e. The van der Waals surface area contributed by atoms with E-state index in [1.807, 2.05) is 19.0 Å². The summed E-state index contributed by atoms with van der Waals surface area (Å²) in [4.78, 5) is 30.5. The lowest BCUT2D eigenvalue weighted by molar-refractivity contribution is -0.110. The lowest BCUT2D eigenvalue weighted by Gasteiger charge is -2.09. The van der Waals surface area contributed by atoms with E-state index in [4.69, 9.17) is 14.3 Å². The van der Waals surface area contributed by atoms with E-state index >= 15 is 0 Å². The number of anilines is 1. The topological polar surface area (TPSA) is 150 Å². The zero-order valence-corrected chi connectivity index (χ0v) is 24.7. The van der Waals surface area contributed by atoms with Gasteiger partial charge in [0.15, 0.2) is 27.3 Å². The number of nitrogens with one attached hydrogen (secondary N) is 1. The number of pyridine rings is 1. The van der Waals surface area contributed by atoms with Crippen LogP contribution in [0, 0.1) is 0 Å². The lowest BCUT2D eigenvalue weighted by Crippen LogP contribution is -2.24. The number of oxime groups is 1. The van der Waals surface area contributed by atoms with Crippen LogP contribution in [0.2, 0.25) is 0 Å². The summed E-state index contributed by atoms with van der Waals surface area (Å²) in [5, 5.41) is 11.4. The van der Waals surface area contributed by atoms with E-state index < -0.39 is 15.7 Å². The fourth-order valence-electron chi connectivity index (χ4n) is 3.48. The van der Waals surface area contributed by atoms with Gasteiger partial charge >= 0.3 is 0 Å². The molecule has 0 bridgehead atoms. The molecule has 0 radical (unpaired) electrons. The predicted molar refractivity (Wildman–Crippen MR) is 155 cm³/mol. The average molecular weight is 602 g/mol. The highest BCUT2D eigenvalue weighted by molar-refractivity contribution is 7.91. The Bertz CT molecular complexity index is 1610. The van der Waals surface area contributed by atoms with Gasteiger partial charge < -0.3 is 19.2 Å². The highest BCUT2D eigenvalue weighted by Gasteiger charge is 2.20. The number of aromatic nitrogens is 4. The molecule has 4 aromatic rings. The minimum atomic E-state index is -3.55. The van der Waals surface area contributed by atoms with Crippen molar-refractivity contribution in [3.8, 4) is 5.88 Å². The van der Waals surface area contributed by atoms with Crippen molar-refractivity contribution in [3.63, 3.8) is 0 Å². The second kappa shape index (κ2) is 13.6. The second-order valence-electron chi connectivity index (χ2n) is 9.13. The van der Waals surface area contributed by atoms with Crippen molar-refractivity contribution in [2.45, 2.75) is 11.5 Å². The van der Waals surface area contributed by atoms with Crippen LogP contribution < -0.4 is 10.1 Å². The van der Waals surface area contributed by atoms with Crippen molar-refractivity contribution < 1.29 is 27.5 Å². The fraction of sp³-hybridized carbons (Fsp3) is 0.346. The number of carbonyl (C=O) groups is 1. The first kappa shape index (κ1) is 30.0. The lowest BCUT2D eigenvalue weighted by atomic mass is 10.1. The van der Waals surface area contributed by atoms with Crippen LogP contribution in [0.5, 0.6) is 5.88 Å². The number of hydrogen-bond donors (Lipinski definition) is 1. The van der Waals surface area contributed by atoms with Gasteiger partial charge in [0.2, 0.25) is 5.88 Å². The third-order valence-corrected chi connectivity index (χ3v) is 8.21. The second-order valence-corrected chi connectivity index (χ2v) is 12.2. The molecule has 41 heavy (non-hydrogen) atoms. The van der Waals surface area contributed by atoms with Crippen LogP contribution in [0.3, 0.4) is 0 Å². The summed E-state index contributed by atoms with van der Waals surface area (Å²) in [6, 6.07) is 11.1. The predicted octanol–water partition coefficient (Wildman–Crippen LogP) is 2.34. The number of benzene rings is 1. The molecular formula is C26H31N7O6S2. The number of thiazole rings is 1. The third kappa shape index (κ3) is 8.29. The van der Waals surface area contributed by atoms with Crippen LogP contribution in [0.25, 0.3) is 10.3 Å². The van der Waals surface area contributed by atoms with E-state index in [0.29, 0.717) is 39.2 Å². The molecule has 0 aliphatic rings. The van der Waals surface area contributed by atoms with Gasteiger partial charge in [0.1, 0.15) is 22.6 Å². The number of likely N-dealkylation sites (N-methyl/N-ethyl adjacent to an activating group) is 1. The number of fused-ring (bicyclic) bond motifs is 1. The average Bonchev–Trinajstić information content (AvgIpc) is 3.54. The molecule has 4 rings (SSSR count). The molecule has 0 saturated carbocycles. The van der Waals surface area contributed by atoms with Gasteiger partial charge in [-0.3, -0.25) is 14.8 Å². The highest BCUT2D eigenvalue weighted by Crippen LogP contribution is 2.26. The number of rotatable bonds is 14. The first-order chi connectivity index (χ1) is 19.6. The van der Waals surface area contributed by atoms with Gasteiger partial charge in [0.05, 0.1) is 17.3 Å². The molecule has 0 fully saturated rings. The number of ether oxygens (including phenoxy) is 2. The summed E-state index contributed by atoms with van der Waals surface area (Å²) in [5.41, 5.74) is 1.50. The summed E-state index contributed by atoms with van der Waals surface area (Å²) in [7, 11) is 3.58. The summed E-state index contributed by atoms with van der Waals surface area (Å²) in [6.07, 6.45) is 1.76. The molecule has 13 nitrogen and oxygen atoms in total. The molecule has 0 atom stereocenters. The smallest absolute Gasteiger partial charge is 0.280 e. The van der Waals surface area contributed by atoms with E-state index in [-0.39, 0.29) is 29.6 Å². The van der Waals surface area contributed by atoms with Gasteiger partial charge in [0, 0.05) is 38.5 Å². The normalized spacial score (nSPS) is 12.2. The van der Waals surface area contributed by atoms with Gasteiger partial charge in [-0.2, -0.15) is 5.10 Å². The molecule has 0 aliphatic carbocycles. The van der Waals surface area contributed by atoms with E-state index in [2.05, 4.69) is 25.5 Å². The Morgan fingerprint density at radius 2 is 1.88 bits per heavy atom. The molecule has 218 valence electrons. The molecule has 0 unspecified atom stereocenters. The van der Waals surface area contributed by atoms with Crippen LogP contribution in [-0.4, -0.2) is 91.4 Å². The van der Waals surface area contributed by atoms with E-state index in [9.17, 15) is 13.2 Å². The van der Waals surface area contributed by atoms with Crippen molar-refractivity contribution in [3.05, 3.63) is 59.9 Å². The summed E-state index contributed by atoms with van der Waals surface area (Å²) in [6.45, 7) is 1.33. The van der Waals surface area contributed by atoms with Crippen LogP contribution in [0.1, 0.15) is 11.3 Å². The van der Waals surface area contributed by atoms with E-state index in [0.717, 1.165) is 6.54 Å².